The maximum atomic E-state index is 9.63. The summed E-state index contributed by atoms with van der Waals surface area (Å²) in [5.74, 6) is 3.63. The van der Waals surface area contributed by atoms with Gasteiger partial charge in [-0.1, -0.05) is 0 Å². The molecule has 0 bridgehead atoms. The zero-order valence-corrected chi connectivity index (χ0v) is 14.6. The van der Waals surface area contributed by atoms with Gasteiger partial charge in [-0.05, 0) is 32.6 Å². The van der Waals surface area contributed by atoms with Gasteiger partial charge in [0.15, 0.2) is 0 Å². The van der Waals surface area contributed by atoms with Gasteiger partial charge in [0, 0.05) is 25.1 Å². The second-order valence-electron chi connectivity index (χ2n) is 6.92. The smallest absolute Gasteiger partial charge is 0.147 e. The average molecular weight is 343 g/mol. The van der Waals surface area contributed by atoms with Crippen LogP contribution in [0, 0.1) is 6.92 Å². The predicted molar refractivity (Wildman–Crippen MR) is 94.6 cm³/mol. The molecule has 25 heavy (non-hydrogen) atoms. The number of nitrogens with one attached hydrogen (secondary N) is 1. The summed E-state index contributed by atoms with van der Waals surface area (Å²) in [4.78, 5) is 15.5. The minimum atomic E-state index is 0.159. The highest BCUT2D eigenvalue weighted by atomic mass is 16.3. The molecule has 2 aromatic rings. The summed E-state index contributed by atoms with van der Waals surface area (Å²) in [5, 5.41) is 17.6. The van der Waals surface area contributed by atoms with E-state index in [-0.39, 0.29) is 18.7 Å². The molecule has 0 spiro atoms. The zero-order valence-electron chi connectivity index (χ0n) is 14.6. The Balaban J connectivity index is 1.47. The van der Waals surface area contributed by atoms with Gasteiger partial charge in [0.2, 0.25) is 0 Å². The lowest BCUT2D eigenvalue weighted by Gasteiger charge is -2.35. The minimum Gasteiger partial charge on any atom is -0.394 e. The summed E-state index contributed by atoms with van der Waals surface area (Å²) in [6.45, 7) is 3.84. The summed E-state index contributed by atoms with van der Waals surface area (Å²) in [5.41, 5.74) is 0. The van der Waals surface area contributed by atoms with Crippen molar-refractivity contribution < 1.29 is 5.11 Å². The highest BCUT2D eigenvalue weighted by Gasteiger charge is 2.24. The second kappa shape index (κ2) is 6.95. The van der Waals surface area contributed by atoms with Crippen LogP contribution in [0.2, 0.25) is 0 Å². The van der Waals surface area contributed by atoms with E-state index in [9.17, 15) is 5.11 Å². The van der Waals surface area contributed by atoms with Crippen molar-refractivity contribution in [2.24, 2.45) is 0 Å². The SMILES string of the molecule is Cc1nc2n(n1)CC(Nc1cc(N3CCCCC3CO)ncn1)CC2. The van der Waals surface area contributed by atoms with Crippen molar-refractivity contribution in [1.82, 2.24) is 24.7 Å². The summed E-state index contributed by atoms with van der Waals surface area (Å²) >= 11 is 0. The van der Waals surface area contributed by atoms with E-state index in [4.69, 9.17) is 0 Å². The number of nitrogens with zero attached hydrogens (tertiary/aromatic N) is 6. The van der Waals surface area contributed by atoms with E-state index >= 15 is 0 Å². The lowest BCUT2D eigenvalue weighted by atomic mass is 10.0. The van der Waals surface area contributed by atoms with Crippen LogP contribution in [0.4, 0.5) is 11.6 Å². The molecular formula is C17H25N7O. The van der Waals surface area contributed by atoms with Gasteiger partial charge in [-0.3, -0.25) is 0 Å². The van der Waals surface area contributed by atoms with Crippen molar-refractivity contribution in [3.63, 3.8) is 0 Å². The molecule has 0 saturated carbocycles. The number of hydrogen-bond acceptors (Lipinski definition) is 7. The van der Waals surface area contributed by atoms with Crippen molar-refractivity contribution in [1.29, 1.82) is 0 Å². The Hall–Kier alpha value is -2.22. The van der Waals surface area contributed by atoms with Gasteiger partial charge in [-0.2, -0.15) is 5.10 Å². The first kappa shape index (κ1) is 16.3. The lowest BCUT2D eigenvalue weighted by molar-refractivity contribution is 0.239. The highest BCUT2D eigenvalue weighted by Crippen LogP contribution is 2.25. The number of aliphatic hydroxyl groups excluding tert-OH is 1. The molecule has 0 radical (unpaired) electrons. The normalized spacial score (nSPS) is 23.4. The van der Waals surface area contributed by atoms with Crippen LogP contribution in [0.25, 0.3) is 0 Å². The minimum absolute atomic E-state index is 0.159. The van der Waals surface area contributed by atoms with Crippen molar-refractivity contribution >= 4 is 11.6 Å². The molecule has 0 aliphatic carbocycles. The summed E-state index contributed by atoms with van der Waals surface area (Å²) in [6.07, 6.45) is 6.87. The number of rotatable bonds is 4. The van der Waals surface area contributed by atoms with Crippen LogP contribution >= 0.6 is 0 Å². The first-order valence-corrected chi connectivity index (χ1v) is 9.09. The third-order valence-corrected chi connectivity index (χ3v) is 5.10. The van der Waals surface area contributed by atoms with Gasteiger partial charge in [0.1, 0.15) is 29.6 Å². The molecule has 0 amide bonds. The van der Waals surface area contributed by atoms with Gasteiger partial charge >= 0.3 is 0 Å². The van der Waals surface area contributed by atoms with Gasteiger partial charge < -0.3 is 15.3 Å². The van der Waals surface area contributed by atoms with Crippen LogP contribution in [-0.2, 0) is 13.0 Å². The lowest BCUT2D eigenvalue weighted by Crippen LogP contribution is -2.42. The molecule has 2 N–H and O–H groups in total. The quantitative estimate of drug-likeness (QED) is 0.860. The Labute approximate surface area is 147 Å². The summed E-state index contributed by atoms with van der Waals surface area (Å²) in [6, 6.07) is 2.44. The third kappa shape index (κ3) is 3.44. The molecule has 8 heteroatoms. The maximum Gasteiger partial charge on any atom is 0.147 e. The second-order valence-corrected chi connectivity index (χ2v) is 6.92. The fourth-order valence-corrected chi connectivity index (χ4v) is 3.84. The number of hydrogen-bond donors (Lipinski definition) is 2. The van der Waals surface area contributed by atoms with Crippen LogP contribution in [-0.4, -0.2) is 55.1 Å². The maximum absolute atomic E-state index is 9.63. The van der Waals surface area contributed by atoms with E-state index in [1.807, 2.05) is 17.7 Å². The number of aromatic nitrogens is 5. The number of aryl methyl sites for hydroxylation is 2. The monoisotopic (exact) mass is 343 g/mol. The van der Waals surface area contributed by atoms with E-state index in [0.29, 0.717) is 0 Å². The van der Waals surface area contributed by atoms with Crippen molar-refractivity contribution in [2.45, 2.75) is 57.7 Å². The molecule has 1 saturated heterocycles. The van der Waals surface area contributed by atoms with Crippen LogP contribution in [0.5, 0.6) is 0 Å². The van der Waals surface area contributed by atoms with Gasteiger partial charge in [0.05, 0.1) is 19.2 Å². The average Bonchev–Trinajstić information content (AvgIpc) is 3.01. The Morgan fingerprint density at radius 1 is 1.28 bits per heavy atom. The largest absolute Gasteiger partial charge is 0.394 e. The molecule has 4 heterocycles. The number of anilines is 2. The Morgan fingerprint density at radius 3 is 3.08 bits per heavy atom. The standard InChI is InChI=1S/C17H25N7O/c1-12-20-16-6-5-13(9-24(16)22-12)21-15-8-17(19-11-18-15)23-7-3-2-4-14(23)10-25/h8,11,13-14,25H,2-7,9-10H2,1H3,(H,18,19,21). The Bertz CT molecular complexity index is 732. The molecule has 2 aromatic heterocycles. The van der Waals surface area contributed by atoms with Crippen molar-refractivity contribution in [3.8, 4) is 0 Å². The third-order valence-electron chi connectivity index (χ3n) is 5.10. The zero-order chi connectivity index (χ0) is 17.2. The predicted octanol–water partition coefficient (Wildman–Crippen LogP) is 1.15. The topological polar surface area (TPSA) is 92.0 Å². The molecule has 8 nitrogen and oxygen atoms in total. The summed E-state index contributed by atoms with van der Waals surface area (Å²) in [7, 11) is 0. The van der Waals surface area contributed by atoms with Gasteiger partial charge in [-0.25, -0.2) is 19.6 Å². The van der Waals surface area contributed by atoms with E-state index in [1.165, 1.54) is 6.42 Å². The fraction of sp³-hybridized carbons (Fsp3) is 0.647. The van der Waals surface area contributed by atoms with E-state index in [1.54, 1.807) is 6.33 Å². The molecule has 1 fully saturated rings. The van der Waals surface area contributed by atoms with Crippen molar-refractivity contribution in [2.75, 3.05) is 23.4 Å². The van der Waals surface area contributed by atoms with Crippen LogP contribution in [0.15, 0.2) is 12.4 Å². The Morgan fingerprint density at radius 2 is 2.20 bits per heavy atom. The highest BCUT2D eigenvalue weighted by molar-refractivity contribution is 5.50. The molecule has 4 rings (SSSR count). The first-order chi connectivity index (χ1) is 12.2. The molecular weight excluding hydrogens is 318 g/mol. The molecule has 2 atom stereocenters. The first-order valence-electron chi connectivity index (χ1n) is 9.09. The molecule has 134 valence electrons. The molecule has 0 aromatic carbocycles. The molecule has 2 aliphatic rings. The number of piperidine rings is 1. The van der Waals surface area contributed by atoms with Crippen molar-refractivity contribution in [3.05, 3.63) is 24.0 Å². The Kier molecular flexibility index (Phi) is 4.52. The summed E-state index contributed by atoms with van der Waals surface area (Å²) < 4.78 is 1.99. The van der Waals surface area contributed by atoms with Crippen LogP contribution < -0.4 is 10.2 Å². The van der Waals surface area contributed by atoms with Crippen LogP contribution in [0.1, 0.15) is 37.3 Å². The number of aliphatic hydroxyl groups is 1. The fourth-order valence-electron chi connectivity index (χ4n) is 3.84. The van der Waals surface area contributed by atoms with E-state index in [0.717, 1.165) is 62.1 Å². The number of fused-ring (bicyclic) bond motifs is 1. The van der Waals surface area contributed by atoms with Gasteiger partial charge in [-0.15, -0.1) is 0 Å². The van der Waals surface area contributed by atoms with E-state index in [2.05, 4.69) is 30.3 Å². The van der Waals surface area contributed by atoms with E-state index < -0.39 is 0 Å². The molecule has 2 aliphatic heterocycles. The molecule has 2 unspecified atom stereocenters. The van der Waals surface area contributed by atoms with Gasteiger partial charge in [0.25, 0.3) is 0 Å². The van der Waals surface area contributed by atoms with Crippen LogP contribution in [0.3, 0.4) is 0 Å².